The van der Waals surface area contributed by atoms with E-state index in [1.165, 1.54) is 11.8 Å². The van der Waals surface area contributed by atoms with Gasteiger partial charge in [0.15, 0.2) is 0 Å². The molecule has 2 aromatic carbocycles. The molecule has 0 aliphatic rings. The maximum atomic E-state index is 12.2. The van der Waals surface area contributed by atoms with E-state index < -0.39 is 0 Å². The number of thioether (sulfide) groups is 1. The number of nitriles is 1. The Morgan fingerprint density at radius 1 is 1.27 bits per heavy atom. The van der Waals surface area contributed by atoms with Crippen molar-refractivity contribution in [2.75, 3.05) is 5.32 Å². The molecule has 0 radical (unpaired) electrons. The van der Waals surface area contributed by atoms with E-state index in [4.69, 9.17) is 16.9 Å². The molecule has 3 nitrogen and oxygen atoms in total. The number of hydrogen-bond acceptors (Lipinski definition) is 3. The van der Waals surface area contributed by atoms with Crippen molar-refractivity contribution < 1.29 is 4.79 Å². The van der Waals surface area contributed by atoms with Crippen LogP contribution in [0.4, 0.5) is 5.69 Å². The molecule has 1 atom stereocenters. The van der Waals surface area contributed by atoms with Crippen molar-refractivity contribution in [3.8, 4) is 6.07 Å². The van der Waals surface area contributed by atoms with Crippen LogP contribution in [-0.4, -0.2) is 11.2 Å². The van der Waals surface area contributed by atoms with Crippen LogP contribution in [0.1, 0.15) is 18.1 Å². The van der Waals surface area contributed by atoms with Gasteiger partial charge in [-0.25, -0.2) is 0 Å². The van der Waals surface area contributed by atoms with Gasteiger partial charge in [-0.1, -0.05) is 35.9 Å². The molecule has 0 saturated heterocycles. The number of halogens is 1. The highest BCUT2D eigenvalue weighted by molar-refractivity contribution is 7.99. The molecule has 2 rings (SSSR count). The molecule has 0 heterocycles. The fourth-order valence-electron chi connectivity index (χ4n) is 1.80. The molecule has 0 aromatic heterocycles. The number of carbonyl (C=O) groups is 1. The van der Waals surface area contributed by atoms with Crippen LogP contribution in [0.3, 0.4) is 0 Å². The zero-order valence-corrected chi connectivity index (χ0v) is 13.6. The van der Waals surface area contributed by atoms with Gasteiger partial charge in [0.05, 0.1) is 16.5 Å². The minimum Gasteiger partial charge on any atom is -0.324 e. The van der Waals surface area contributed by atoms with Crippen LogP contribution in [0.5, 0.6) is 0 Å². The van der Waals surface area contributed by atoms with Crippen molar-refractivity contribution in [2.24, 2.45) is 0 Å². The van der Waals surface area contributed by atoms with Crippen molar-refractivity contribution >= 4 is 35.0 Å². The largest absolute Gasteiger partial charge is 0.324 e. The summed E-state index contributed by atoms with van der Waals surface area (Å²) in [5.74, 6) is 0.618. The highest BCUT2D eigenvalue weighted by Crippen LogP contribution is 2.21. The second-order valence-electron chi connectivity index (χ2n) is 4.73. The van der Waals surface area contributed by atoms with Crippen molar-refractivity contribution in [2.45, 2.75) is 17.9 Å². The summed E-state index contributed by atoms with van der Waals surface area (Å²) >= 11 is 7.38. The van der Waals surface area contributed by atoms with Gasteiger partial charge in [0.1, 0.15) is 6.07 Å². The molecule has 0 aliphatic heterocycles. The first-order chi connectivity index (χ1) is 10.6. The molecule has 2 aromatic rings. The molecule has 1 amide bonds. The minimum absolute atomic E-state index is 0.110. The van der Waals surface area contributed by atoms with Crippen LogP contribution in [0, 0.1) is 11.3 Å². The Kier molecular flexibility index (Phi) is 5.88. The molecule has 0 unspecified atom stereocenters. The zero-order chi connectivity index (χ0) is 15.9. The Labute approximate surface area is 139 Å². The van der Waals surface area contributed by atoms with Gasteiger partial charge in [0.2, 0.25) is 5.91 Å². The fraction of sp³-hybridized carbons (Fsp3) is 0.176. The number of nitrogens with one attached hydrogen (secondary N) is 1. The van der Waals surface area contributed by atoms with E-state index in [0.29, 0.717) is 16.3 Å². The standard InChI is InChI=1S/C17H15ClN2OS/c1-12(22-11-13-6-8-15(18)9-7-13)17(21)20-16-5-3-2-4-14(16)10-19/h2-9,12H,11H2,1H3,(H,20,21)/t12-/m0/s1. The summed E-state index contributed by atoms with van der Waals surface area (Å²) in [6, 6.07) is 16.6. The number of nitrogens with zero attached hydrogens (tertiary/aromatic N) is 1. The van der Waals surface area contributed by atoms with E-state index in [0.717, 1.165) is 11.3 Å². The summed E-state index contributed by atoms with van der Waals surface area (Å²) in [4.78, 5) is 12.2. The average Bonchev–Trinajstić information content (AvgIpc) is 2.54. The Bertz CT molecular complexity index is 695. The lowest BCUT2D eigenvalue weighted by molar-refractivity contribution is -0.115. The topological polar surface area (TPSA) is 52.9 Å². The molecule has 0 fully saturated rings. The number of hydrogen-bond donors (Lipinski definition) is 1. The van der Waals surface area contributed by atoms with Gasteiger partial charge in [-0.2, -0.15) is 5.26 Å². The van der Waals surface area contributed by atoms with Crippen LogP contribution in [0.15, 0.2) is 48.5 Å². The van der Waals surface area contributed by atoms with E-state index in [9.17, 15) is 4.79 Å². The number of carbonyl (C=O) groups excluding carboxylic acids is 1. The van der Waals surface area contributed by atoms with E-state index >= 15 is 0 Å². The lowest BCUT2D eigenvalue weighted by Gasteiger charge is -2.13. The first-order valence-corrected chi connectivity index (χ1v) is 8.19. The molecule has 0 aliphatic carbocycles. The van der Waals surface area contributed by atoms with Gasteiger partial charge in [-0.15, -0.1) is 11.8 Å². The Hall–Kier alpha value is -1.96. The van der Waals surface area contributed by atoms with Crippen molar-refractivity contribution in [1.82, 2.24) is 0 Å². The first-order valence-electron chi connectivity index (χ1n) is 6.76. The lowest BCUT2D eigenvalue weighted by Crippen LogP contribution is -2.23. The van der Waals surface area contributed by atoms with Gasteiger partial charge in [-0.05, 0) is 36.8 Å². The summed E-state index contributed by atoms with van der Waals surface area (Å²) in [5, 5.41) is 12.3. The van der Waals surface area contributed by atoms with Crippen LogP contribution in [-0.2, 0) is 10.5 Å². The fourth-order valence-corrected chi connectivity index (χ4v) is 2.77. The van der Waals surface area contributed by atoms with Crippen molar-refractivity contribution in [3.63, 3.8) is 0 Å². The summed E-state index contributed by atoms with van der Waals surface area (Å²) in [5.41, 5.74) is 2.13. The molecular weight excluding hydrogens is 316 g/mol. The average molecular weight is 331 g/mol. The number of anilines is 1. The molecule has 5 heteroatoms. The Morgan fingerprint density at radius 3 is 2.64 bits per heavy atom. The highest BCUT2D eigenvalue weighted by atomic mass is 35.5. The van der Waals surface area contributed by atoms with E-state index in [1.54, 1.807) is 24.3 Å². The SMILES string of the molecule is C[C@H](SCc1ccc(Cl)cc1)C(=O)Nc1ccccc1C#N. The molecular formula is C17H15ClN2OS. The molecule has 112 valence electrons. The van der Waals surface area contributed by atoms with Crippen LogP contribution in [0.25, 0.3) is 0 Å². The van der Waals surface area contributed by atoms with Gasteiger partial charge in [0, 0.05) is 10.8 Å². The third kappa shape index (κ3) is 4.52. The van der Waals surface area contributed by atoms with Gasteiger partial charge in [-0.3, -0.25) is 4.79 Å². The lowest BCUT2D eigenvalue weighted by atomic mass is 10.2. The van der Waals surface area contributed by atoms with Crippen LogP contribution in [0.2, 0.25) is 5.02 Å². The Morgan fingerprint density at radius 2 is 1.95 bits per heavy atom. The number of benzene rings is 2. The highest BCUT2D eigenvalue weighted by Gasteiger charge is 2.15. The molecule has 0 spiro atoms. The molecule has 0 bridgehead atoms. The Balaban J connectivity index is 1.92. The van der Waals surface area contributed by atoms with E-state index in [-0.39, 0.29) is 11.2 Å². The summed E-state index contributed by atoms with van der Waals surface area (Å²) in [6.07, 6.45) is 0. The maximum absolute atomic E-state index is 12.2. The number of para-hydroxylation sites is 1. The second kappa shape index (κ2) is 7.88. The summed E-state index contributed by atoms with van der Waals surface area (Å²) < 4.78 is 0. The van der Waals surface area contributed by atoms with Gasteiger partial charge in [0.25, 0.3) is 0 Å². The number of rotatable bonds is 5. The van der Waals surface area contributed by atoms with E-state index in [2.05, 4.69) is 11.4 Å². The van der Waals surface area contributed by atoms with Crippen molar-refractivity contribution in [1.29, 1.82) is 5.26 Å². The summed E-state index contributed by atoms with van der Waals surface area (Å²) in [6.45, 7) is 1.85. The van der Waals surface area contributed by atoms with Crippen LogP contribution >= 0.6 is 23.4 Å². The van der Waals surface area contributed by atoms with E-state index in [1.807, 2.05) is 31.2 Å². The predicted octanol–water partition coefficient (Wildman–Crippen LogP) is 4.47. The van der Waals surface area contributed by atoms with Crippen molar-refractivity contribution in [3.05, 3.63) is 64.7 Å². The monoisotopic (exact) mass is 330 g/mol. The number of amides is 1. The van der Waals surface area contributed by atoms with Gasteiger partial charge >= 0.3 is 0 Å². The van der Waals surface area contributed by atoms with Gasteiger partial charge < -0.3 is 5.32 Å². The molecule has 1 N–H and O–H groups in total. The zero-order valence-electron chi connectivity index (χ0n) is 12.0. The normalized spacial score (nSPS) is 11.5. The third-order valence-electron chi connectivity index (χ3n) is 3.09. The quantitative estimate of drug-likeness (QED) is 0.879. The minimum atomic E-state index is -0.220. The summed E-state index contributed by atoms with van der Waals surface area (Å²) in [7, 11) is 0. The van der Waals surface area contributed by atoms with Crippen LogP contribution < -0.4 is 5.32 Å². The molecule has 0 saturated carbocycles. The molecule has 22 heavy (non-hydrogen) atoms. The second-order valence-corrected chi connectivity index (χ2v) is 6.49. The predicted molar refractivity (Wildman–Crippen MR) is 92.0 cm³/mol. The third-order valence-corrected chi connectivity index (χ3v) is 4.55. The maximum Gasteiger partial charge on any atom is 0.237 e. The first kappa shape index (κ1) is 16.4. The smallest absolute Gasteiger partial charge is 0.237 e.